The summed E-state index contributed by atoms with van der Waals surface area (Å²) in [5, 5.41) is 9.93. The van der Waals surface area contributed by atoms with Gasteiger partial charge in [-0.2, -0.15) is 18.4 Å². The SMILES string of the molecule is N#Cc1c(N2CCOCC2)cc(N2CCOCC2)nc1-c1cnc(N)cc1C(F)(F)F. The maximum absolute atomic E-state index is 13.8. The van der Waals surface area contributed by atoms with E-state index in [9.17, 15) is 18.4 Å². The number of nitrogens with zero attached hydrogens (tertiary/aromatic N) is 5. The van der Waals surface area contributed by atoms with Crippen molar-refractivity contribution in [2.24, 2.45) is 0 Å². The molecule has 2 aromatic rings. The van der Waals surface area contributed by atoms with Gasteiger partial charge in [-0.3, -0.25) is 0 Å². The second kappa shape index (κ2) is 8.56. The Kier molecular flexibility index (Phi) is 5.84. The topological polar surface area (TPSA) is 101 Å². The quantitative estimate of drug-likeness (QED) is 0.786. The van der Waals surface area contributed by atoms with Crippen molar-refractivity contribution in [2.75, 3.05) is 68.1 Å². The predicted octanol–water partition coefficient (Wildman–Crippen LogP) is 2.29. The molecule has 164 valence electrons. The maximum Gasteiger partial charge on any atom is 0.417 e. The molecule has 0 spiro atoms. The molecule has 0 atom stereocenters. The van der Waals surface area contributed by atoms with Gasteiger partial charge >= 0.3 is 6.18 Å². The van der Waals surface area contributed by atoms with Crippen molar-refractivity contribution in [1.82, 2.24) is 9.97 Å². The van der Waals surface area contributed by atoms with Gasteiger partial charge in [0.15, 0.2) is 0 Å². The highest BCUT2D eigenvalue weighted by molar-refractivity contribution is 5.80. The number of alkyl halides is 3. The van der Waals surface area contributed by atoms with E-state index >= 15 is 0 Å². The number of ether oxygens (including phenoxy) is 2. The van der Waals surface area contributed by atoms with Crippen LogP contribution in [0.25, 0.3) is 11.3 Å². The number of nitrogens with two attached hydrogens (primary N) is 1. The van der Waals surface area contributed by atoms with Gasteiger partial charge in [0, 0.05) is 44.0 Å². The zero-order chi connectivity index (χ0) is 22.0. The van der Waals surface area contributed by atoms with E-state index in [2.05, 4.69) is 16.0 Å². The summed E-state index contributed by atoms with van der Waals surface area (Å²) in [4.78, 5) is 12.2. The van der Waals surface area contributed by atoms with Gasteiger partial charge in [0.2, 0.25) is 0 Å². The number of anilines is 3. The second-order valence-corrected chi connectivity index (χ2v) is 7.19. The Labute approximate surface area is 177 Å². The highest BCUT2D eigenvalue weighted by Gasteiger charge is 2.36. The smallest absolute Gasteiger partial charge is 0.384 e. The summed E-state index contributed by atoms with van der Waals surface area (Å²) < 4.78 is 52.2. The maximum atomic E-state index is 13.8. The average molecular weight is 434 g/mol. The van der Waals surface area contributed by atoms with Gasteiger partial charge in [-0.05, 0) is 6.07 Å². The van der Waals surface area contributed by atoms with Gasteiger partial charge < -0.3 is 25.0 Å². The normalized spacial score (nSPS) is 17.5. The number of pyridine rings is 2. The van der Waals surface area contributed by atoms with E-state index in [1.807, 2.05) is 9.80 Å². The molecule has 4 heterocycles. The van der Waals surface area contributed by atoms with Crippen LogP contribution in [0.2, 0.25) is 0 Å². The van der Waals surface area contributed by atoms with E-state index in [4.69, 9.17) is 15.2 Å². The van der Waals surface area contributed by atoms with Gasteiger partial charge in [-0.1, -0.05) is 0 Å². The third-order valence-corrected chi connectivity index (χ3v) is 5.27. The van der Waals surface area contributed by atoms with Crippen molar-refractivity contribution in [1.29, 1.82) is 5.26 Å². The fourth-order valence-electron chi connectivity index (χ4n) is 3.73. The first-order valence-corrected chi connectivity index (χ1v) is 9.82. The molecular formula is C20H21F3N6O2. The monoisotopic (exact) mass is 434 g/mol. The van der Waals surface area contributed by atoms with E-state index in [0.29, 0.717) is 64.1 Å². The van der Waals surface area contributed by atoms with Crippen LogP contribution in [0.1, 0.15) is 11.1 Å². The number of hydrogen-bond donors (Lipinski definition) is 1. The molecule has 2 aliphatic heterocycles. The third kappa shape index (κ3) is 4.35. The third-order valence-electron chi connectivity index (χ3n) is 5.27. The molecule has 4 rings (SSSR count). The van der Waals surface area contributed by atoms with Gasteiger partial charge in [0.25, 0.3) is 0 Å². The summed E-state index contributed by atoms with van der Waals surface area (Å²) in [7, 11) is 0. The first kappa shape index (κ1) is 21.1. The van der Waals surface area contributed by atoms with E-state index in [0.717, 1.165) is 12.3 Å². The number of aromatic nitrogens is 2. The number of nitrogen functional groups attached to an aromatic ring is 1. The summed E-state index contributed by atoms with van der Waals surface area (Å²) >= 11 is 0. The molecule has 2 fully saturated rings. The highest BCUT2D eigenvalue weighted by Crippen LogP contribution is 2.41. The molecule has 11 heteroatoms. The summed E-state index contributed by atoms with van der Waals surface area (Å²) in [5.74, 6) is 0.232. The molecule has 0 aromatic carbocycles. The molecular weight excluding hydrogens is 413 g/mol. The molecule has 2 aliphatic rings. The van der Waals surface area contributed by atoms with Crippen LogP contribution in [0.5, 0.6) is 0 Å². The molecule has 0 radical (unpaired) electrons. The van der Waals surface area contributed by atoms with Crippen LogP contribution < -0.4 is 15.5 Å². The fourth-order valence-corrected chi connectivity index (χ4v) is 3.73. The second-order valence-electron chi connectivity index (χ2n) is 7.19. The van der Waals surface area contributed by atoms with Crippen LogP contribution in [0.3, 0.4) is 0 Å². The van der Waals surface area contributed by atoms with Crippen LogP contribution in [-0.2, 0) is 15.7 Å². The minimum atomic E-state index is -4.69. The Morgan fingerprint density at radius 1 is 1.00 bits per heavy atom. The lowest BCUT2D eigenvalue weighted by Crippen LogP contribution is -2.39. The summed E-state index contributed by atoms with van der Waals surface area (Å²) in [6.45, 7) is 4.04. The number of hydrogen-bond acceptors (Lipinski definition) is 8. The van der Waals surface area contributed by atoms with E-state index in [1.54, 1.807) is 6.07 Å². The number of rotatable bonds is 3. The molecule has 8 nitrogen and oxygen atoms in total. The van der Waals surface area contributed by atoms with Crippen LogP contribution in [0.15, 0.2) is 18.3 Å². The van der Waals surface area contributed by atoms with E-state index in [-0.39, 0.29) is 22.6 Å². The molecule has 0 bridgehead atoms. The zero-order valence-corrected chi connectivity index (χ0v) is 16.7. The van der Waals surface area contributed by atoms with Crippen molar-refractivity contribution in [3.63, 3.8) is 0 Å². The Hall–Kier alpha value is -3.10. The van der Waals surface area contributed by atoms with E-state index < -0.39 is 11.7 Å². The van der Waals surface area contributed by atoms with Crippen LogP contribution in [0, 0.1) is 11.3 Å². The minimum absolute atomic E-state index is 0.0622. The van der Waals surface area contributed by atoms with Gasteiger partial charge in [-0.25, -0.2) is 9.97 Å². The van der Waals surface area contributed by atoms with Crippen molar-refractivity contribution in [3.05, 3.63) is 29.5 Å². The molecule has 0 unspecified atom stereocenters. The number of morpholine rings is 2. The summed E-state index contributed by atoms with van der Waals surface area (Å²) in [6, 6.07) is 4.60. The van der Waals surface area contributed by atoms with Crippen molar-refractivity contribution in [2.45, 2.75) is 6.18 Å². The first-order chi connectivity index (χ1) is 14.9. The zero-order valence-electron chi connectivity index (χ0n) is 16.7. The van der Waals surface area contributed by atoms with Crippen molar-refractivity contribution >= 4 is 17.3 Å². The van der Waals surface area contributed by atoms with E-state index in [1.165, 1.54) is 0 Å². The van der Waals surface area contributed by atoms with Crippen molar-refractivity contribution in [3.8, 4) is 17.3 Å². The van der Waals surface area contributed by atoms with Crippen LogP contribution in [0.4, 0.5) is 30.5 Å². The standard InChI is InChI=1S/C20H21F3N6O2/c21-20(22,23)15-9-17(25)26-12-14(15)19-13(11-24)16(28-1-5-30-6-2-28)10-18(27-19)29-3-7-31-8-4-29/h9-10,12H,1-8H2,(H2,25,26). The summed E-state index contributed by atoms with van der Waals surface area (Å²) in [6.07, 6.45) is -3.65. The lowest BCUT2D eigenvalue weighted by atomic mass is 10.00. The molecule has 0 aliphatic carbocycles. The fraction of sp³-hybridized carbons (Fsp3) is 0.450. The molecule has 31 heavy (non-hydrogen) atoms. The van der Waals surface area contributed by atoms with Gasteiger partial charge in [-0.15, -0.1) is 0 Å². The Morgan fingerprint density at radius 3 is 2.19 bits per heavy atom. The Morgan fingerprint density at radius 2 is 1.61 bits per heavy atom. The number of halogens is 3. The van der Waals surface area contributed by atoms with Gasteiger partial charge in [0.1, 0.15) is 23.3 Å². The van der Waals surface area contributed by atoms with Crippen molar-refractivity contribution < 1.29 is 22.6 Å². The minimum Gasteiger partial charge on any atom is -0.384 e. The molecule has 0 saturated carbocycles. The first-order valence-electron chi connectivity index (χ1n) is 9.82. The highest BCUT2D eigenvalue weighted by atomic mass is 19.4. The molecule has 0 amide bonds. The lowest BCUT2D eigenvalue weighted by molar-refractivity contribution is -0.137. The largest absolute Gasteiger partial charge is 0.417 e. The molecule has 2 saturated heterocycles. The Bertz CT molecular complexity index is 996. The lowest BCUT2D eigenvalue weighted by Gasteiger charge is -2.33. The Balaban J connectivity index is 1.94. The van der Waals surface area contributed by atoms with Crippen LogP contribution >= 0.6 is 0 Å². The van der Waals surface area contributed by atoms with Crippen LogP contribution in [-0.4, -0.2) is 62.6 Å². The predicted molar refractivity (Wildman–Crippen MR) is 108 cm³/mol. The molecule has 2 aromatic heterocycles. The average Bonchev–Trinajstić information content (AvgIpc) is 2.79. The molecule has 2 N–H and O–H groups in total. The van der Waals surface area contributed by atoms with Gasteiger partial charge in [0.05, 0.1) is 43.4 Å². The number of nitriles is 1. The summed E-state index contributed by atoms with van der Waals surface area (Å²) in [5.41, 5.74) is 4.81.